The highest BCUT2D eigenvalue weighted by Gasteiger charge is 2.42. The van der Waals surface area contributed by atoms with E-state index in [1.165, 1.54) is 19.2 Å². The predicted molar refractivity (Wildman–Crippen MR) is 138 cm³/mol. The fraction of sp³-hybridized carbons (Fsp3) is 0.250. The normalized spacial score (nSPS) is 14.2. The lowest BCUT2D eigenvalue weighted by Gasteiger charge is -2.39. The Kier molecular flexibility index (Phi) is 7.50. The molecule has 1 heterocycles. The fourth-order valence-corrected chi connectivity index (χ4v) is 4.91. The number of benzene rings is 3. The van der Waals surface area contributed by atoms with Gasteiger partial charge in [-0.25, -0.2) is 13.8 Å². The number of methoxy groups -OCH3 is 1. The van der Waals surface area contributed by atoms with Gasteiger partial charge in [-0.3, -0.25) is 0 Å². The fourth-order valence-electron chi connectivity index (χ4n) is 4.53. The predicted octanol–water partition coefficient (Wildman–Crippen LogP) is 6.26. The Bertz CT molecular complexity index is 1310. The average Bonchev–Trinajstić information content (AvgIpc) is 2.82. The van der Waals surface area contributed by atoms with Crippen molar-refractivity contribution in [2.75, 3.05) is 27.7 Å². The van der Waals surface area contributed by atoms with Gasteiger partial charge in [0.25, 0.3) is 0 Å². The smallest absolute Gasteiger partial charge is 0.217 e. The minimum absolute atomic E-state index is 0.155. The van der Waals surface area contributed by atoms with Crippen LogP contribution < -0.4 is 4.74 Å². The van der Waals surface area contributed by atoms with Gasteiger partial charge < -0.3 is 14.7 Å². The summed E-state index contributed by atoms with van der Waals surface area (Å²) in [5, 5.41) is 13.3. The van der Waals surface area contributed by atoms with Gasteiger partial charge in [-0.2, -0.15) is 0 Å². The van der Waals surface area contributed by atoms with E-state index >= 15 is 0 Å². The van der Waals surface area contributed by atoms with E-state index in [2.05, 4.69) is 15.9 Å². The Hall–Kier alpha value is -2.87. The third kappa shape index (κ3) is 5.37. The molecule has 0 aliphatic carbocycles. The number of aliphatic hydroxyl groups is 1. The van der Waals surface area contributed by atoms with Crippen molar-refractivity contribution >= 4 is 26.8 Å². The largest absolute Gasteiger partial charge is 0.481 e. The van der Waals surface area contributed by atoms with E-state index in [4.69, 9.17) is 9.72 Å². The highest BCUT2D eigenvalue weighted by molar-refractivity contribution is 9.10. The Morgan fingerprint density at radius 2 is 1.69 bits per heavy atom. The summed E-state index contributed by atoms with van der Waals surface area (Å²) in [4.78, 5) is 6.63. The zero-order valence-corrected chi connectivity index (χ0v) is 21.4. The molecule has 1 aromatic heterocycles. The van der Waals surface area contributed by atoms with Crippen molar-refractivity contribution < 1.29 is 18.6 Å². The Morgan fingerprint density at radius 3 is 2.31 bits per heavy atom. The summed E-state index contributed by atoms with van der Waals surface area (Å²) in [5.41, 5.74) is 0.600. The molecule has 182 valence electrons. The number of rotatable bonds is 8. The third-order valence-electron chi connectivity index (χ3n) is 6.19. The monoisotopic (exact) mass is 540 g/mol. The molecule has 0 saturated carbocycles. The Morgan fingerprint density at radius 1 is 1.00 bits per heavy atom. The third-order valence-corrected chi connectivity index (χ3v) is 6.68. The number of hydrogen-bond donors (Lipinski definition) is 1. The topological polar surface area (TPSA) is 45.6 Å². The van der Waals surface area contributed by atoms with Crippen molar-refractivity contribution in [3.8, 4) is 5.88 Å². The molecule has 0 radical (unpaired) electrons. The van der Waals surface area contributed by atoms with Gasteiger partial charge in [0.15, 0.2) is 0 Å². The van der Waals surface area contributed by atoms with Crippen molar-refractivity contribution in [1.29, 1.82) is 0 Å². The van der Waals surface area contributed by atoms with Crippen LogP contribution >= 0.6 is 15.9 Å². The molecule has 4 nitrogen and oxygen atoms in total. The Labute approximate surface area is 212 Å². The lowest BCUT2D eigenvalue weighted by molar-refractivity contribution is 0.00326. The van der Waals surface area contributed by atoms with E-state index in [1.807, 2.05) is 73.6 Å². The van der Waals surface area contributed by atoms with Gasteiger partial charge in [0.1, 0.15) is 17.2 Å². The first-order chi connectivity index (χ1) is 16.7. The molecular formula is C28H27BrF2N2O2. The Balaban J connectivity index is 2.04. The van der Waals surface area contributed by atoms with E-state index in [9.17, 15) is 13.9 Å². The van der Waals surface area contributed by atoms with Gasteiger partial charge in [-0.1, -0.05) is 46.3 Å². The number of halogens is 3. The highest BCUT2D eigenvalue weighted by Crippen LogP contribution is 2.47. The quantitative estimate of drug-likeness (QED) is 0.286. The summed E-state index contributed by atoms with van der Waals surface area (Å²) < 4.78 is 35.4. The van der Waals surface area contributed by atoms with Gasteiger partial charge in [-0.15, -0.1) is 0 Å². The van der Waals surface area contributed by atoms with Crippen LogP contribution in [0.5, 0.6) is 5.88 Å². The van der Waals surface area contributed by atoms with Crippen LogP contribution in [0.2, 0.25) is 0 Å². The first-order valence-corrected chi connectivity index (χ1v) is 12.0. The number of aromatic nitrogens is 1. The number of nitrogens with zero attached hydrogens (tertiary/aromatic N) is 2. The lowest BCUT2D eigenvalue weighted by Crippen LogP contribution is -2.38. The van der Waals surface area contributed by atoms with Gasteiger partial charge in [0.2, 0.25) is 5.88 Å². The molecule has 2 unspecified atom stereocenters. The van der Waals surface area contributed by atoms with Crippen LogP contribution in [0.15, 0.2) is 77.3 Å². The zero-order chi connectivity index (χ0) is 25.2. The van der Waals surface area contributed by atoms with Crippen LogP contribution in [0, 0.1) is 11.6 Å². The molecule has 0 spiro atoms. The molecule has 3 aromatic carbocycles. The molecule has 35 heavy (non-hydrogen) atoms. The molecule has 0 saturated heterocycles. The summed E-state index contributed by atoms with van der Waals surface area (Å²) in [6.45, 7) is 0.479. The van der Waals surface area contributed by atoms with Crippen LogP contribution in [0.4, 0.5) is 8.78 Å². The minimum atomic E-state index is -1.68. The second kappa shape index (κ2) is 10.4. The van der Waals surface area contributed by atoms with Crippen LogP contribution in [0.25, 0.3) is 10.9 Å². The summed E-state index contributed by atoms with van der Waals surface area (Å²) in [5.74, 6) is -1.88. The highest BCUT2D eigenvalue weighted by atomic mass is 79.9. The molecule has 4 rings (SSSR count). The molecule has 0 fully saturated rings. The molecule has 0 bridgehead atoms. The summed E-state index contributed by atoms with van der Waals surface area (Å²) in [6, 6.07) is 20.3. The van der Waals surface area contributed by atoms with E-state index in [0.29, 0.717) is 18.0 Å². The maximum absolute atomic E-state index is 14.4. The van der Waals surface area contributed by atoms with Gasteiger partial charge in [0.05, 0.1) is 12.6 Å². The summed E-state index contributed by atoms with van der Waals surface area (Å²) >= 11 is 3.51. The molecular weight excluding hydrogens is 514 g/mol. The molecule has 2 atom stereocenters. The van der Waals surface area contributed by atoms with Crippen molar-refractivity contribution in [2.24, 2.45) is 0 Å². The van der Waals surface area contributed by atoms with Gasteiger partial charge in [0, 0.05) is 34.0 Å². The van der Waals surface area contributed by atoms with E-state index in [0.717, 1.165) is 27.0 Å². The lowest BCUT2D eigenvalue weighted by atomic mass is 9.71. The van der Waals surface area contributed by atoms with Gasteiger partial charge in [-0.05, 0) is 68.0 Å². The van der Waals surface area contributed by atoms with Crippen LogP contribution in [-0.2, 0) is 5.60 Å². The van der Waals surface area contributed by atoms with Crippen LogP contribution in [0.3, 0.4) is 0 Å². The maximum atomic E-state index is 14.4. The number of pyridine rings is 1. The van der Waals surface area contributed by atoms with Gasteiger partial charge >= 0.3 is 0 Å². The average molecular weight is 541 g/mol. The number of hydrogen-bond acceptors (Lipinski definition) is 4. The summed E-state index contributed by atoms with van der Waals surface area (Å²) in [6.07, 6.45) is 0.210. The second-order valence-corrected chi connectivity index (χ2v) is 9.82. The maximum Gasteiger partial charge on any atom is 0.217 e. The van der Waals surface area contributed by atoms with E-state index in [-0.39, 0.29) is 12.0 Å². The molecule has 0 amide bonds. The zero-order valence-electron chi connectivity index (χ0n) is 19.8. The summed E-state index contributed by atoms with van der Waals surface area (Å²) in [7, 11) is 5.30. The minimum Gasteiger partial charge on any atom is -0.481 e. The van der Waals surface area contributed by atoms with Crippen LogP contribution in [-0.4, -0.2) is 42.7 Å². The van der Waals surface area contributed by atoms with Crippen molar-refractivity contribution in [1.82, 2.24) is 9.88 Å². The standard InChI is InChI=1S/C28H27BrF2N2O2/c1-33(2)12-11-28(34,20-15-22(30)17-23(31)16-20)26(18-7-5-4-6-8-18)24-14-19-13-21(29)9-10-25(19)32-27(24)35-3/h4-10,13-17,26,34H,11-12H2,1-3H3. The van der Waals surface area contributed by atoms with Crippen LogP contribution in [0.1, 0.15) is 29.0 Å². The molecule has 4 aromatic rings. The molecule has 1 N–H and O–H groups in total. The molecule has 0 aliphatic heterocycles. The van der Waals surface area contributed by atoms with E-state index < -0.39 is 23.2 Å². The molecule has 0 aliphatic rings. The second-order valence-electron chi connectivity index (χ2n) is 8.90. The molecule has 7 heteroatoms. The first kappa shape index (κ1) is 25.2. The number of ether oxygens (including phenoxy) is 1. The number of fused-ring (bicyclic) bond motifs is 1. The SMILES string of the molecule is COc1nc2ccc(Br)cc2cc1C(c1ccccc1)C(O)(CCN(C)C)c1cc(F)cc(F)c1. The van der Waals surface area contributed by atoms with E-state index in [1.54, 1.807) is 0 Å². The van der Waals surface area contributed by atoms with Crippen molar-refractivity contribution in [3.63, 3.8) is 0 Å². The first-order valence-electron chi connectivity index (χ1n) is 11.2. The van der Waals surface area contributed by atoms with Crippen molar-refractivity contribution in [2.45, 2.75) is 17.9 Å². The van der Waals surface area contributed by atoms with Crippen molar-refractivity contribution in [3.05, 3.63) is 106 Å².